The number of carbonyl (C=O) groups excluding carboxylic acids is 1. The fraction of sp³-hybridized carbons (Fsp3) is 0.364. The van der Waals surface area contributed by atoms with Gasteiger partial charge in [-0.1, -0.05) is 53.5 Å². The molecule has 0 bridgehead atoms. The molecule has 3 rings (SSSR count). The van der Waals surface area contributed by atoms with Gasteiger partial charge in [0.25, 0.3) is 0 Å². The maximum Gasteiger partial charge on any atom is 0.415 e. The van der Waals surface area contributed by atoms with Crippen LogP contribution in [0.3, 0.4) is 0 Å². The molecule has 1 aromatic heterocycles. The van der Waals surface area contributed by atoms with Crippen molar-refractivity contribution in [3.63, 3.8) is 0 Å². The first-order valence-electron chi connectivity index (χ1n) is 9.52. The molecule has 30 heavy (non-hydrogen) atoms. The Balaban J connectivity index is 1.83. The summed E-state index contributed by atoms with van der Waals surface area (Å²) in [6.45, 7) is 6.40. The van der Waals surface area contributed by atoms with Gasteiger partial charge >= 0.3 is 6.09 Å². The molecule has 2 aromatic rings. The van der Waals surface area contributed by atoms with Crippen LogP contribution in [-0.2, 0) is 20.8 Å². The summed E-state index contributed by atoms with van der Waals surface area (Å²) in [5.41, 5.74) is 1.46. The van der Waals surface area contributed by atoms with E-state index >= 15 is 0 Å². The van der Waals surface area contributed by atoms with Crippen LogP contribution in [0.5, 0.6) is 0 Å². The SMILES string of the molecule is CC(C)(C)OC(=O)N1C(c2cc(Cl)nc(Cl)c2)=COC[C@H]1COCc1ccccc1. The zero-order valence-corrected chi connectivity index (χ0v) is 18.6. The van der Waals surface area contributed by atoms with Gasteiger partial charge in [0.1, 0.15) is 28.8 Å². The Labute approximate surface area is 186 Å². The first-order chi connectivity index (χ1) is 14.2. The topological polar surface area (TPSA) is 60.9 Å². The Hall–Kier alpha value is -2.28. The van der Waals surface area contributed by atoms with E-state index in [0.717, 1.165) is 5.56 Å². The summed E-state index contributed by atoms with van der Waals surface area (Å²) in [5.74, 6) is 0. The van der Waals surface area contributed by atoms with Crippen molar-refractivity contribution in [1.82, 2.24) is 9.88 Å². The predicted molar refractivity (Wildman–Crippen MR) is 116 cm³/mol. The Morgan fingerprint density at radius 3 is 2.50 bits per heavy atom. The standard InChI is InChI=1S/C22H24Cl2N2O4/c1-22(2,3)30-21(27)26-17(12-28-11-15-7-5-4-6-8-15)13-29-14-18(26)16-9-19(23)25-20(24)10-16/h4-10,14,17H,11-13H2,1-3H3/t17-/m1/s1. The fourth-order valence-corrected chi connectivity index (χ4v) is 3.41. The van der Waals surface area contributed by atoms with Crippen LogP contribution in [0.2, 0.25) is 10.3 Å². The fourth-order valence-electron chi connectivity index (χ4n) is 2.95. The van der Waals surface area contributed by atoms with Gasteiger partial charge in [-0.05, 0) is 38.5 Å². The molecule has 0 saturated carbocycles. The third kappa shape index (κ3) is 6.11. The first-order valence-corrected chi connectivity index (χ1v) is 10.3. The molecule has 6 nitrogen and oxygen atoms in total. The summed E-state index contributed by atoms with van der Waals surface area (Å²) in [6, 6.07) is 12.7. The van der Waals surface area contributed by atoms with Crippen molar-refractivity contribution in [1.29, 1.82) is 0 Å². The second-order valence-electron chi connectivity index (χ2n) is 7.84. The smallest absolute Gasteiger partial charge is 0.415 e. The number of pyridine rings is 1. The predicted octanol–water partition coefficient (Wildman–Crippen LogP) is 5.54. The molecule has 0 aliphatic carbocycles. The third-order valence-electron chi connectivity index (χ3n) is 4.18. The molecule has 1 aliphatic heterocycles. The molecule has 2 heterocycles. The van der Waals surface area contributed by atoms with Gasteiger partial charge in [0.05, 0.1) is 25.0 Å². The van der Waals surface area contributed by atoms with E-state index < -0.39 is 17.7 Å². The number of rotatable bonds is 5. The highest BCUT2D eigenvalue weighted by atomic mass is 35.5. The van der Waals surface area contributed by atoms with Crippen LogP contribution in [0.4, 0.5) is 4.79 Å². The van der Waals surface area contributed by atoms with Crippen LogP contribution in [0.25, 0.3) is 5.70 Å². The molecule has 0 unspecified atom stereocenters. The zero-order valence-electron chi connectivity index (χ0n) is 17.1. The van der Waals surface area contributed by atoms with E-state index in [1.807, 2.05) is 51.1 Å². The highest BCUT2D eigenvalue weighted by molar-refractivity contribution is 6.32. The van der Waals surface area contributed by atoms with Crippen molar-refractivity contribution >= 4 is 35.0 Å². The molecule has 0 spiro atoms. The number of ether oxygens (including phenoxy) is 3. The Kier molecular flexibility index (Phi) is 7.23. The highest BCUT2D eigenvalue weighted by Gasteiger charge is 2.35. The number of carbonyl (C=O) groups is 1. The maximum absolute atomic E-state index is 13.1. The van der Waals surface area contributed by atoms with Gasteiger partial charge in [-0.2, -0.15) is 0 Å². The second kappa shape index (κ2) is 9.69. The Morgan fingerprint density at radius 1 is 1.20 bits per heavy atom. The lowest BCUT2D eigenvalue weighted by atomic mass is 10.1. The minimum Gasteiger partial charge on any atom is -0.497 e. The van der Waals surface area contributed by atoms with E-state index in [-0.39, 0.29) is 23.5 Å². The number of aromatic nitrogens is 1. The molecule has 1 atom stereocenters. The second-order valence-corrected chi connectivity index (χ2v) is 8.62. The number of amides is 1. The summed E-state index contributed by atoms with van der Waals surface area (Å²) in [6.07, 6.45) is 0.994. The number of hydrogen-bond donors (Lipinski definition) is 0. The molecule has 1 aromatic carbocycles. The van der Waals surface area contributed by atoms with Gasteiger partial charge < -0.3 is 14.2 Å². The van der Waals surface area contributed by atoms with E-state index in [1.54, 1.807) is 12.1 Å². The van der Waals surface area contributed by atoms with Crippen LogP contribution in [0, 0.1) is 0 Å². The number of halogens is 2. The summed E-state index contributed by atoms with van der Waals surface area (Å²) in [5, 5.41) is 0.426. The van der Waals surface area contributed by atoms with Crippen molar-refractivity contribution in [2.75, 3.05) is 13.2 Å². The van der Waals surface area contributed by atoms with Gasteiger partial charge in [0.15, 0.2) is 0 Å². The van der Waals surface area contributed by atoms with Crippen LogP contribution in [-0.4, -0.2) is 40.8 Å². The van der Waals surface area contributed by atoms with Gasteiger partial charge in [0, 0.05) is 5.56 Å². The van der Waals surface area contributed by atoms with E-state index in [9.17, 15) is 4.79 Å². The lowest BCUT2D eigenvalue weighted by Crippen LogP contribution is -2.48. The van der Waals surface area contributed by atoms with E-state index in [4.69, 9.17) is 37.4 Å². The molecule has 0 saturated heterocycles. The van der Waals surface area contributed by atoms with Gasteiger partial charge in [0.2, 0.25) is 0 Å². The molecule has 8 heteroatoms. The van der Waals surface area contributed by atoms with E-state index in [1.165, 1.54) is 11.2 Å². The molecule has 0 radical (unpaired) electrons. The molecule has 1 aliphatic rings. The molecule has 0 fully saturated rings. The summed E-state index contributed by atoms with van der Waals surface area (Å²) >= 11 is 12.1. The molecular weight excluding hydrogens is 427 g/mol. The maximum atomic E-state index is 13.1. The molecule has 1 amide bonds. The molecule has 0 N–H and O–H groups in total. The first kappa shape index (κ1) is 22.4. The average molecular weight is 451 g/mol. The molecule has 160 valence electrons. The minimum atomic E-state index is -0.663. The van der Waals surface area contributed by atoms with Gasteiger partial charge in [-0.25, -0.2) is 9.78 Å². The van der Waals surface area contributed by atoms with Crippen molar-refractivity contribution in [2.24, 2.45) is 0 Å². The van der Waals surface area contributed by atoms with Crippen LogP contribution in [0.15, 0.2) is 48.7 Å². The van der Waals surface area contributed by atoms with Crippen molar-refractivity contribution in [3.8, 4) is 0 Å². The van der Waals surface area contributed by atoms with E-state index in [2.05, 4.69) is 4.98 Å². The lowest BCUT2D eigenvalue weighted by Gasteiger charge is -2.37. The van der Waals surface area contributed by atoms with Crippen molar-refractivity contribution in [2.45, 2.75) is 39.0 Å². The minimum absolute atomic E-state index is 0.213. The lowest BCUT2D eigenvalue weighted by molar-refractivity contribution is -0.00364. The number of benzene rings is 1. The number of nitrogens with zero attached hydrogens (tertiary/aromatic N) is 2. The monoisotopic (exact) mass is 450 g/mol. The normalized spacial score (nSPS) is 16.6. The molecular formula is C22H24Cl2N2O4. The van der Waals surface area contributed by atoms with Crippen molar-refractivity contribution < 1.29 is 19.0 Å². The van der Waals surface area contributed by atoms with Crippen molar-refractivity contribution in [3.05, 3.63) is 70.2 Å². The highest BCUT2D eigenvalue weighted by Crippen LogP contribution is 2.30. The quantitative estimate of drug-likeness (QED) is 0.559. The zero-order chi connectivity index (χ0) is 21.7. The third-order valence-corrected chi connectivity index (χ3v) is 4.57. The largest absolute Gasteiger partial charge is 0.497 e. The van der Waals surface area contributed by atoms with Crippen LogP contribution >= 0.6 is 23.2 Å². The van der Waals surface area contributed by atoms with Gasteiger partial charge in [-0.15, -0.1) is 0 Å². The average Bonchev–Trinajstić information content (AvgIpc) is 2.66. The van der Waals surface area contributed by atoms with Crippen LogP contribution in [0.1, 0.15) is 31.9 Å². The summed E-state index contributed by atoms with van der Waals surface area (Å²) in [7, 11) is 0. The van der Waals surface area contributed by atoms with E-state index in [0.29, 0.717) is 17.9 Å². The summed E-state index contributed by atoms with van der Waals surface area (Å²) < 4.78 is 17.2. The van der Waals surface area contributed by atoms with Crippen LogP contribution < -0.4 is 0 Å². The summed E-state index contributed by atoms with van der Waals surface area (Å²) in [4.78, 5) is 18.6. The van der Waals surface area contributed by atoms with Gasteiger partial charge in [-0.3, -0.25) is 4.90 Å². The Bertz CT molecular complexity index is 893. The Morgan fingerprint density at radius 2 is 1.87 bits per heavy atom. The number of hydrogen-bond acceptors (Lipinski definition) is 5.